The maximum atomic E-state index is 12.4. The molecule has 0 radical (unpaired) electrons. The minimum Gasteiger partial charge on any atom is -0.374 e. The predicted molar refractivity (Wildman–Crippen MR) is 110 cm³/mol. The molecule has 1 heterocycles. The van der Waals surface area contributed by atoms with Crippen molar-refractivity contribution < 1.29 is 9.59 Å². The zero-order valence-electron chi connectivity index (χ0n) is 15.8. The average molecular weight is 382 g/mol. The SMILES string of the molecule is NC(=O)C(=O)[C@H](CCCN=C(N)N)Nc1c2c(nc3ccccc13)CCCC2. The molecule has 1 aliphatic rings. The van der Waals surface area contributed by atoms with E-state index in [9.17, 15) is 9.59 Å². The number of carbonyl (C=O) groups is 2. The van der Waals surface area contributed by atoms with Gasteiger partial charge in [0.05, 0.1) is 11.6 Å². The third-order valence-electron chi connectivity index (χ3n) is 4.99. The first kappa shape index (κ1) is 19.6. The minimum atomic E-state index is -0.952. The van der Waals surface area contributed by atoms with Crippen LogP contribution in [0.5, 0.6) is 0 Å². The summed E-state index contributed by atoms with van der Waals surface area (Å²) in [5.41, 5.74) is 19.9. The molecule has 148 valence electrons. The average Bonchev–Trinajstić information content (AvgIpc) is 2.68. The van der Waals surface area contributed by atoms with Gasteiger partial charge < -0.3 is 22.5 Å². The summed E-state index contributed by atoms with van der Waals surface area (Å²) in [6.07, 6.45) is 4.90. The number of anilines is 1. The largest absolute Gasteiger partial charge is 0.374 e. The Labute approximate surface area is 163 Å². The van der Waals surface area contributed by atoms with Gasteiger partial charge in [-0.1, -0.05) is 18.2 Å². The Kier molecular flexibility index (Phi) is 6.08. The van der Waals surface area contributed by atoms with E-state index in [2.05, 4.69) is 10.3 Å². The number of aryl methyl sites for hydroxylation is 1. The number of amides is 1. The molecular weight excluding hydrogens is 356 g/mol. The monoisotopic (exact) mass is 382 g/mol. The summed E-state index contributed by atoms with van der Waals surface area (Å²) in [7, 11) is 0. The van der Waals surface area contributed by atoms with Crippen molar-refractivity contribution >= 4 is 34.2 Å². The van der Waals surface area contributed by atoms with Crippen LogP contribution in [0.4, 0.5) is 5.69 Å². The van der Waals surface area contributed by atoms with Crippen LogP contribution in [0.25, 0.3) is 10.9 Å². The number of carbonyl (C=O) groups excluding carboxylic acids is 2. The van der Waals surface area contributed by atoms with E-state index >= 15 is 0 Å². The second kappa shape index (κ2) is 8.69. The molecule has 7 N–H and O–H groups in total. The number of aliphatic imine (C=N–C) groups is 1. The first-order valence-corrected chi connectivity index (χ1v) is 9.53. The highest BCUT2D eigenvalue weighted by atomic mass is 16.2. The Morgan fingerprint density at radius 3 is 2.64 bits per heavy atom. The number of rotatable bonds is 8. The molecule has 1 aliphatic carbocycles. The van der Waals surface area contributed by atoms with Crippen LogP contribution in [-0.2, 0) is 22.4 Å². The molecule has 28 heavy (non-hydrogen) atoms. The number of nitrogens with two attached hydrogens (primary N) is 3. The van der Waals surface area contributed by atoms with E-state index < -0.39 is 17.7 Å². The Morgan fingerprint density at radius 2 is 1.89 bits per heavy atom. The first-order valence-electron chi connectivity index (χ1n) is 9.53. The fourth-order valence-electron chi connectivity index (χ4n) is 3.66. The van der Waals surface area contributed by atoms with Crippen LogP contribution in [0.1, 0.15) is 36.9 Å². The molecule has 3 rings (SSSR count). The fourth-order valence-corrected chi connectivity index (χ4v) is 3.66. The molecular formula is C20H26N6O2. The molecule has 1 aromatic carbocycles. The van der Waals surface area contributed by atoms with Crippen molar-refractivity contribution in [2.45, 2.75) is 44.6 Å². The predicted octanol–water partition coefficient (Wildman–Crippen LogP) is 1.00. The Hall–Kier alpha value is -3.16. The van der Waals surface area contributed by atoms with Crippen molar-refractivity contribution in [3.05, 3.63) is 35.5 Å². The van der Waals surface area contributed by atoms with Crippen molar-refractivity contribution in [3.8, 4) is 0 Å². The van der Waals surface area contributed by atoms with Gasteiger partial charge in [-0.2, -0.15) is 0 Å². The van der Waals surface area contributed by atoms with Gasteiger partial charge in [-0.3, -0.25) is 19.6 Å². The third-order valence-corrected chi connectivity index (χ3v) is 4.99. The van der Waals surface area contributed by atoms with Gasteiger partial charge in [-0.05, 0) is 50.2 Å². The summed E-state index contributed by atoms with van der Waals surface area (Å²) in [4.78, 5) is 32.8. The quantitative estimate of drug-likeness (QED) is 0.231. The number of fused-ring (bicyclic) bond motifs is 2. The second-order valence-electron chi connectivity index (χ2n) is 7.01. The highest BCUT2D eigenvalue weighted by molar-refractivity contribution is 6.38. The number of nitrogens with one attached hydrogen (secondary N) is 1. The van der Waals surface area contributed by atoms with Crippen molar-refractivity contribution in [3.63, 3.8) is 0 Å². The number of nitrogens with zero attached hydrogens (tertiary/aromatic N) is 2. The Bertz CT molecular complexity index is 920. The number of pyridine rings is 1. The molecule has 1 atom stereocenters. The van der Waals surface area contributed by atoms with E-state index in [1.165, 1.54) is 0 Å². The standard InChI is InChI=1S/C20H26N6O2/c21-19(28)18(27)16(10-5-11-24-20(22)23)26-17-12-6-1-3-8-14(12)25-15-9-4-2-7-13(15)17/h1,3,6,8,16H,2,4-5,7,9-11H2,(H2,21,28)(H,25,26)(H4,22,23,24)/t16-/m0/s1. The summed E-state index contributed by atoms with van der Waals surface area (Å²) in [5, 5.41) is 4.26. The summed E-state index contributed by atoms with van der Waals surface area (Å²) in [6, 6.07) is 7.08. The lowest BCUT2D eigenvalue weighted by Crippen LogP contribution is -2.39. The molecule has 0 spiro atoms. The van der Waals surface area contributed by atoms with Gasteiger partial charge in [0.25, 0.3) is 5.91 Å². The van der Waals surface area contributed by atoms with E-state index in [1.54, 1.807) is 0 Å². The van der Waals surface area contributed by atoms with Gasteiger partial charge in [-0.15, -0.1) is 0 Å². The third kappa shape index (κ3) is 4.39. The molecule has 0 aliphatic heterocycles. The number of hydrogen-bond acceptors (Lipinski definition) is 5. The second-order valence-corrected chi connectivity index (χ2v) is 7.01. The normalized spacial score (nSPS) is 14.1. The molecule has 1 amide bonds. The molecule has 8 heteroatoms. The highest BCUT2D eigenvalue weighted by Gasteiger charge is 2.26. The summed E-state index contributed by atoms with van der Waals surface area (Å²) in [6.45, 7) is 0.377. The van der Waals surface area contributed by atoms with Gasteiger partial charge in [0.15, 0.2) is 5.96 Å². The van der Waals surface area contributed by atoms with Gasteiger partial charge >= 0.3 is 0 Å². The number of hydrogen-bond donors (Lipinski definition) is 4. The van der Waals surface area contributed by atoms with E-state index in [0.717, 1.165) is 53.5 Å². The van der Waals surface area contributed by atoms with E-state index in [-0.39, 0.29) is 5.96 Å². The number of Topliss-reactive ketones (excluding diaryl/α,β-unsaturated/α-hetero) is 1. The lowest BCUT2D eigenvalue weighted by atomic mass is 9.92. The van der Waals surface area contributed by atoms with Crippen molar-refractivity contribution in [1.29, 1.82) is 0 Å². The van der Waals surface area contributed by atoms with E-state index in [4.69, 9.17) is 22.2 Å². The zero-order chi connectivity index (χ0) is 20.1. The highest BCUT2D eigenvalue weighted by Crippen LogP contribution is 2.34. The molecule has 0 unspecified atom stereocenters. The van der Waals surface area contributed by atoms with Gasteiger partial charge in [0.2, 0.25) is 5.78 Å². The number of primary amides is 1. The number of para-hydroxylation sites is 1. The number of ketones is 1. The summed E-state index contributed by atoms with van der Waals surface area (Å²) in [5.74, 6) is -1.60. The van der Waals surface area contributed by atoms with Crippen LogP contribution in [-0.4, -0.2) is 35.2 Å². The van der Waals surface area contributed by atoms with Crippen molar-refractivity contribution in [2.24, 2.45) is 22.2 Å². The maximum absolute atomic E-state index is 12.4. The minimum absolute atomic E-state index is 0.0000607. The fraction of sp³-hybridized carbons (Fsp3) is 0.400. The number of aromatic nitrogens is 1. The first-order chi connectivity index (χ1) is 13.5. The molecule has 0 saturated heterocycles. The van der Waals surface area contributed by atoms with E-state index in [1.807, 2.05) is 24.3 Å². The van der Waals surface area contributed by atoms with Crippen LogP contribution < -0.4 is 22.5 Å². The van der Waals surface area contributed by atoms with Crippen LogP contribution in [0, 0.1) is 0 Å². The van der Waals surface area contributed by atoms with Crippen LogP contribution in [0.3, 0.4) is 0 Å². The Balaban J connectivity index is 1.95. The molecule has 2 aromatic rings. The molecule has 0 saturated carbocycles. The Morgan fingerprint density at radius 1 is 1.14 bits per heavy atom. The lowest BCUT2D eigenvalue weighted by molar-refractivity contribution is -0.136. The van der Waals surface area contributed by atoms with Gasteiger partial charge in [-0.25, -0.2) is 0 Å². The number of benzene rings is 1. The molecule has 0 fully saturated rings. The molecule has 8 nitrogen and oxygen atoms in total. The topological polar surface area (TPSA) is 149 Å². The van der Waals surface area contributed by atoms with Crippen LogP contribution in [0.2, 0.25) is 0 Å². The summed E-state index contributed by atoms with van der Waals surface area (Å²) >= 11 is 0. The summed E-state index contributed by atoms with van der Waals surface area (Å²) < 4.78 is 0. The van der Waals surface area contributed by atoms with E-state index in [0.29, 0.717) is 19.4 Å². The maximum Gasteiger partial charge on any atom is 0.287 e. The van der Waals surface area contributed by atoms with Gasteiger partial charge in [0.1, 0.15) is 0 Å². The number of guanidine groups is 1. The van der Waals surface area contributed by atoms with Crippen LogP contribution >= 0.6 is 0 Å². The van der Waals surface area contributed by atoms with Crippen molar-refractivity contribution in [1.82, 2.24) is 4.98 Å². The molecule has 1 aromatic heterocycles. The zero-order valence-corrected chi connectivity index (χ0v) is 15.8. The van der Waals surface area contributed by atoms with Gasteiger partial charge in [0, 0.05) is 23.3 Å². The van der Waals surface area contributed by atoms with Crippen molar-refractivity contribution in [2.75, 3.05) is 11.9 Å². The molecule has 0 bridgehead atoms. The van der Waals surface area contributed by atoms with Crippen LogP contribution in [0.15, 0.2) is 29.3 Å². The lowest BCUT2D eigenvalue weighted by Gasteiger charge is -2.25. The smallest absolute Gasteiger partial charge is 0.287 e.